The summed E-state index contributed by atoms with van der Waals surface area (Å²) < 4.78 is 0.962. The van der Waals surface area contributed by atoms with Gasteiger partial charge in [0.15, 0.2) is 0 Å². The highest BCUT2D eigenvalue weighted by molar-refractivity contribution is 9.10. The van der Waals surface area contributed by atoms with Crippen molar-refractivity contribution in [3.05, 3.63) is 33.8 Å². The molecule has 0 saturated carbocycles. The quantitative estimate of drug-likeness (QED) is 0.827. The Morgan fingerprint density at radius 2 is 2.26 bits per heavy atom. The molecule has 19 heavy (non-hydrogen) atoms. The molecule has 2 atom stereocenters. The third kappa shape index (κ3) is 3.30. The second-order valence-corrected chi connectivity index (χ2v) is 6.43. The van der Waals surface area contributed by atoms with E-state index in [2.05, 4.69) is 21.2 Å². The molecule has 1 aliphatic rings. The fraction of sp³-hybridized carbons (Fsp3) is 0.385. The minimum absolute atomic E-state index is 0.124. The first-order valence-electron chi connectivity index (χ1n) is 5.88. The number of carbonyl (C=O) groups excluding carboxylic acids is 1. The molecular weight excluding hydrogens is 330 g/mol. The van der Waals surface area contributed by atoms with Crippen molar-refractivity contribution in [3.63, 3.8) is 0 Å². The smallest absolute Gasteiger partial charge is 0.315 e. The molecule has 2 rings (SSSR count). The number of hydrogen-bond donors (Lipinski definition) is 2. The van der Waals surface area contributed by atoms with Gasteiger partial charge in [0, 0.05) is 16.0 Å². The lowest BCUT2D eigenvalue weighted by molar-refractivity contribution is -0.146. The summed E-state index contributed by atoms with van der Waals surface area (Å²) >= 11 is 5.16. The average molecular weight is 344 g/mol. The van der Waals surface area contributed by atoms with Gasteiger partial charge in [0.2, 0.25) is 5.91 Å². The predicted molar refractivity (Wildman–Crippen MR) is 78.0 cm³/mol. The summed E-state index contributed by atoms with van der Waals surface area (Å²) in [5.41, 5.74) is 2.26. The van der Waals surface area contributed by atoms with Crippen LogP contribution in [0, 0.1) is 5.92 Å². The van der Waals surface area contributed by atoms with Gasteiger partial charge in [-0.3, -0.25) is 9.59 Å². The standard InChI is InChI=1S/C13H14BrNO3S/c1-7(13(17)18)12(16)15-11-6-19-5-8-2-3-9(14)4-10(8)11/h2-4,7,11H,5-6H2,1H3,(H,15,16)(H,17,18). The van der Waals surface area contributed by atoms with Crippen molar-refractivity contribution in [1.29, 1.82) is 0 Å². The molecule has 1 aliphatic heterocycles. The van der Waals surface area contributed by atoms with Crippen LogP contribution >= 0.6 is 27.7 Å². The Labute approximate surface area is 124 Å². The summed E-state index contributed by atoms with van der Waals surface area (Å²) in [5, 5.41) is 11.7. The molecule has 4 nitrogen and oxygen atoms in total. The van der Waals surface area contributed by atoms with E-state index in [9.17, 15) is 9.59 Å². The molecule has 6 heteroatoms. The van der Waals surface area contributed by atoms with Crippen molar-refractivity contribution >= 4 is 39.6 Å². The highest BCUT2D eigenvalue weighted by Gasteiger charge is 2.27. The summed E-state index contributed by atoms with van der Waals surface area (Å²) in [6.07, 6.45) is 0. The van der Waals surface area contributed by atoms with Gasteiger partial charge in [-0.25, -0.2) is 0 Å². The van der Waals surface area contributed by atoms with E-state index in [1.165, 1.54) is 12.5 Å². The second-order valence-electron chi connectivity index (χ2n) is 4.48. The van der Waals surface area contributed by atoms with Crippen molar-refractivity contribution in [1.82, 2.24) is 5.32 Å². The molecule has 2 unspecified atom stereocenters. The van der Waals surface area contributed by atoms with Crippen LogP contribution in [0.4, 0.5) is 0 Å². The summed E-state index contributed by atoms with van der Waals surface area (Å²) in [6.45, 7) is 1.40. The molecule has 0 fully saturated rings. The number of thioether (sulfide) groups is 1. The molecule has 0 saturated heterocycles. The average Bonchev–Trinajstić information content (AvgIpc) is 2.38. The van der Waals surface area contributed by atoms with Gasteiger partial charge in [-0.1, -0.05) is 22.0 Å². The molecule has 1 aromatic rings. The van der Waals surface area contributed by atoms with Gasteiger partial charge in [-0.05, 0) is 30.2 Å². The fourth-order valence-corrected chi connectivity index (χ4v) is 3.40. The number of aliphatic carboxylic acids is 1. The van der Waals surface area contributed by atoms with Crippen LogP contribution in [0.3, 0.4) is 0 Å². The molecule has 0 aliphatic carbocycles. The number of fused-ring (bicyclic) bond motifs is 1. The summed E-state index contributed by atoms with van der Waals surface area (Å²) in [6, 6.07) is 5.88. The molecular formula is C13H14BrNO3S. The van der Waals surface area contributed by atoms with E-state index in [1.807, 2.05) is 18.2 Å². The van der Waals surface area contributed by atoms with Crippen molar-refractivity contribution in [2.75, 3.05) is 5.75 Å². The highest BCUT2D eigenvalue weighted by Crippen LogP contribution is 2.33. The van der Waals surface area contributed by atoms with Gasteiger partial charge in [0.05, 0.1) is 6.04 Å². The van der Waals surface area contributed by atoms with Crippen molar-refractivity contribution in [3.8, 4) is 0 Å². The number of rotatable bonds is 3. The fourth-order valence-electron chi connectivity index (χ4n) is 1.93. The molecule has 102 valence electrons. The van der Waals surface area contributed by atoms with E-state index in [0.717, 1.165) is 21.5 Å². The van der Waals surface area contributed by atoms with E-state index in [4.69, 9.17) is 5.11 Å². The number of carboxylic acids is 1. The first kappa shape index (κ1) is 14.4. The molecule has 1 amide bonds. The number of halogens is 1. The maximum Gasteiger partial charge on any atom is 0.315 e. The first-order chi connectivity index (χ1) is 8.99. The lowest BCUT2D eigenvalue weighted by Crippen LogP contribution is -2.38. The maximum absolute atomic E-state index is 11.8. The van der Waals surface area contributed by atoms with Gasteiger partial charge < -0.3 is 10.4 Å². The first-order valence-corrected chi connectivity index (χ1v) is 7.83. The second kappa shape index (κ2) is 5.96. The Hall–Kier alpha value is -1.01. The Balaban J connectivity index is 2.17. The normalized spacial score (nSPS) is 19.4. The van der Waals surface area contributed by atoms with Gasteiger partial charge in [0.1, 0.15) is 5.92 Å². The lowest BCUT2D eigenvalue weighted by Gasteiger charge is -2.27. The third-order valence-corrected chi connectivity index (χ3v) is 4.68. The van der Waals surface area contributed by atoms with Gasteiger partial charge in [0.25, 0.3) is 0 Å². The minimum Gasteiger partial charge on any atom is -0.481 e. The lowest BCUT2D eigenvalue weighted by atomic mass is 10.0. The predicted octanol–water partition coefficient (Wildman–Crippen LogP) is 2.57. The largest absolute Gasteiger partial charge is 0.481 e. The van der Waals surface area contributed by atoms with Crippen LogP contribution in [-0.2, 0) is 15.3 Å². The SMILES string of the molecule is CC(C(=O)O)C(=O)NC1CSCc2ccc(Br)cc21. The topological polar surface area (TPSA) is 66.4 Å². The van der Waals surface area contributed by atoms with Crippen LogP contribution in [-0.4, -0.2) is 22.7 Å². The van der Waals surface area contributed by atoms with E-state index in [1.54, 1.807) is 11.8 Å². The van der Waals surface area contributed by atoms with Gasteiger partial charge in [-0.15, -0.1) is 0 Å². The van der Waals surface area contributed by atoms with Crippen LogP contribution < -0.4 is 5.32 Å². The monoisotopic (exact) mass is 343 g/mol. The number of hydrogen-bond acceptors (Lipinski definition) is 3. The van der Waals surface area contributed by atoms with Crippen LogP contribution in [0.15, 0.2) is 22.7 Å². The Morgan fingerprint density at radius 1 is 1.53 bits per heavy atom. The summed E-state index contributed by atoms with van der Waals surface area (Å²) in [4.78, 5) is 22.6. The molecule has 0 spiro atoms. The van der Waals surface area contributed by atoms with E-state index < -0.39 is 17.8 Å². The van der Waals surface area contributed by atoms with Crippen LogP contribution in [0.1, 0.15) is 24.1 Å². The molecule has 0 aromatic heterocycles. The van der Waals surface area contributed by atoms with Crippen LogP contribution in [0.25, 0.3) is 0 Å². The van der Waals surface area contributed by atoms with E-state index in [-0.39, 0.29) is 6.04 Å². The van der Waals surface area contributed by atoms with Crippen LogP contribution in [0.2, 0.25) is 0 Å². The molecule has 0 radical (unpaired) electrons. The number of benzene rings is 1. The molecule has 0 bridgehead atoms. The summed E-state index contributed by atoms with van der Waals surface area (Å²) in [5.74, 6) is -0.880. The highest BCUT2D eigenvalue weighted by atomic mass is 79.9. The zero-order valence-corrected chi connectivity index (χ0v) is 12.8. The van der Waals surface area contributed by atoms with Crippen LogP contribution in [0.5, 0.6) is 0 Å². The third-order valence-electron chi connectivity index (χ3n) is 3.11. The number of carbonyl (C=O) groups is 2. The Kier molecular flexibility index (Phi) is 4.52. The van der Waals surface area contributed by atoms with E-state index >= 15 is 0 Å². The minimum atomic E-state index is -1.10. The number of carboxylic acid groups (broad SMARTS) is 1. The van der Waals surface area contributed by atoms with Gasteiger partial charge >= 0.3 is 5.97 Å². The van der Waals surface area contributed by atoms with Gasteiger partial charge in [-0.2, -0.15) is 11.8 Å². The zero-order chi connectivity index (χ0) is 14.0. The maximum atomic E-state index is 11.8. The van der Waals surface area contributed by atoms with Crippen molar-refractivity contribution in [2.24, 2.45) is 5.92 Å². The van der Waals surface area contributed by atoms with E-state index in [0.29, 0.717) is 0 Å². The van der Waals surface area contributed by atoms with Crippen molar-refractivity contribution in [2.45, 2.75) is 18.7 Å². The zero-order valence-electron chi connectivity index (χ0n) is 10.4. The molecule has 1 heterocycles. The molecule has 1 aromatic carbocycles. The summed E-state index contributed by atoms with van der Waals surface area (Å²) in [7, 11) is 0. The Bertz CT molecular complexity index is 521. The molecule has 2 N–H and O–H groups in total. The Morgan fingerprint density at radius 3 is 2.95 bits per heavy atom. The van der Waals surface area contributed by atoms with Crippen molar-refractivity contribution < 1.29 is 14.7 Å². The number of amides is 1. The number of nitrogens with one attached hydrogen (secondary N) is 1.